The number of halogens is 2. The van der Waals surface area contributed by atoms with Crippen molar-refractivity contribution in [3.05, 3.63) is 63.9 Å². The number of benzene rings is 2. The van der Waals surface area contributed by atoms with Crippen LogP contribution in [0.5, 0.6) is 0 Å². The molecule has 0 fully saturated rings. The summed E-state index contributed by atoms with van der Waals surface area (Å²) in [5.41, 5.74) is 2.49. The molecule has 0 aliphatic heterocycles. The van der Waals surface area contributed by atoms with Gasteiger partial charge in [0.15, 0.2) is 0 Å². The fraction of sp³-hybridized carbons (Fsp3) is 0.188. The third-order valence-electron chi connectivity index (χ3n) is 2.96. The highest BCUT2D eigenvalue weighted by Crippen LogP contribution is 2.19. The lowest BCUT2D eigenvalue weighted by Gasteiger charge is -2.07. The van der Waals surface area contributed by atoms with E-state index in [2.05, 4.69) is 21.2 Å². The molecule has 0 aliphatic carbocycles. The third kappa shape index (κ3) is 5.03. The molecular weight excluding hydrogens is 369 g/mol. The lowest BCUT2D eigenvalue weighted by molar-refractivity contribution is -0.113. The van der Waals surface area contributed by atoms with Gasteiger partial charge in [-0.2, -0.15) is 0 Å². The number of hydrogen-bond donors (Lipinski definition) is 1. The molecule has 1 amide bonds. The molecule has 0 aliphatic rings. The molecular formula is C16H15BrFNO2S. The summed E-state index contributed by atoms with van der Waals surface area (Å²) >= 11 is 3.23. The number of carbonyl (C=O) groups excluding carboxylic acids is 1. The van der Waals surface area contributed by atoms with Crippen molar-refractivity contribution >= 4 is 38.3 Å². The fourth-order valence-corrected chi connectivity index (χ4v) is 3.59. The molecule has 0 radical (unpaired) electrons. The molecule has 0 heterocycles. The summed E-state index contributed by atoms with van der Waals surface area (Å²) in [6, 6.07) is 11.6. The molecule has 1 N–H and O–H groups in total. The average Bonchev–Trinajstić information content (AvgIpc) is 2.44. The number of aryl methyl sites for hydroxylation is 1. The quantitative estimate of drug-likeness (QED) is 0.853. The Morgan fingerprint density at radius 3 is 2.55 bits per heavy atom. The SMILES string of the molecule is Cc1ccc(NC(=O)C[S@@](=O)Cc2ccc(F)cc2Br)cc1. The first-order valence-electron chi connectivity index (χ1n) is 6.59. The Bertz CT molecular complexity index is 704. The molecule has 3 nitrogen and oxygen atoms in total. The van der Waals surface area contributed by atoms with Crippen molar-refractivity contribution < 1.29 is 13.4 Å². The van der Waals surface area contributed by atoms with Crippen molar-refractivity contribution in [1.29, 1.82) is 0 Å². The van der Waals surface area contributed by atoms with Gasteiger partial charge < -0.3 is 5.32 Å². The van der Waals surface area contributed by atoms with Crippen molar-refractivity contribution in [3.63, 3.8) is 0 Å². The highest BCUT2D eigenvalue weighted by molar-refractivity contribution is 9.10. The van der Waals surface area contributed by atoms with E-state index in [1.807, 2.05) is 19.1 Å². The minimum atomic E-state index is -1.36. The average molecular weight is 384 g/mol. The van der Waals surface area contributed by atoms with Crippen LogP contribution in [-0.4, -0.2) is 15.9 Å². The van der Waals surface area contributed by atoms with Gasteiger partial charge in [-0.15, -0.1) is 0 Å². The van der Waals surface area contributed by atoms with E-state index in [4.69, 9.17) is 0 Å². The zero-order valence-corrected chi connectivity index (χ0v) is 14.3. The van der Waals surface area contributed by atoms with Gasteiger partial charge in [-0.25, -0.2) is 4.39 Å². The summed E-state index contributed by atoms with van der Waals surface area (Å²) in [4.78, 5) is 11.9. The van der Waals surface area contributed by atoms with Gasteiger partial charge in [0.25, 0.3) is 0 Å². The maximum Gasteiger partial charge on any atom is 0.237 e. The lowest BCUT2D eigenvalue weighted by Crippen LogP contribution is -2.20. The van der Waals surface area contributed by atoms with Crippen LogP contribution in [0.1, 0.15) is 11.1 Å². The minimum absolute atomic E-state index is 0.0995. The standard InChI is InChI=1S/C16H15BrFNO2S/c1-11-2-6-14(7-3-11)19-16(20)10-22(21)9-12-4-5-13(18)8-15(12)17/h2-8H,9-10H2,1H3,(H,19,20)/t22-/m0/s1. The predicted molar refractivity (Wildman–Crippen MR) is 90.6 cm³/mol. The Labute approximate surface area is 139 Å². The second-order valence-electron chi connectivity index (χ2n) is 4.88. The first-order valence-corrected chi connectivity index (χ1v) is 8.87. The first kappa shape index (κ1) is 16.8. The number of amides is 1. The van der Waals surface area contributed by atoms with Crippen molar-refractivity contribution in [3.8, 4) is 0 Å². The van der Waals surface area contributed by atoms with Crippen LogP contribution < -0.4 is 5.32 Å². The second kappa shape index (κ2) is 7.65. The molecule has 22 heavy (non-hydrogen) atoms. The molecule has 2 aromatic rings. The van der Waals surface area contributed by atoms with E-state index >= 15 is 0 Å². The maximum atomic E-state index is 13.0. The van der Waals surface area contributed by atoms with Gasteiger partial charge >= 0.3 is 0 Å². The summed E-state index contributed by atoms with van der Waals surface area (Å²) in [7, 11) is -1.36. The summed E-state index contributed by atoms with van der Waals surface area (Å²) in [6.07, 6.45) is 0. The minimum Gasteiger partial charge on any atom is -0.325 e. The van der Waals surface area contributed by atoms with Crippen molar-refractivity contribution in [2.24, 2.45) is 0 Å². The maximum absolute atomic E-state index is 13.0. The van der Waals surface area contributed by atoms with E-state index in [9.17, 15) is 13.4 Å². The van der Waals surface area contributed by atoms with Crippen LogP contribution in [0.2, 0.25) is 0 Å². The Hall–Kier alpha value is -1.53. The van der Waals surface area contributed by atoms with Crippen LogP contribution in [0.15, 0.2) is 46.9 Å². The van der Waals surface area contributed by atoms with Gasteiger partial charge in [-0.3, -0.25) is 9.00 Å². The number of nitrogens with one attached hydrogen (secondary N) is 1. The highest BCUT2D eigenvalue weighted by Gasteiger charge is 2.11. The Morgan fingerprint density at radius 1 is 1.23 bits per heavy atom. The second-order valence-corrected chi connectivity index (χ2v) is 7.19. The van der Waals surface area contributed by atoms with Gasteiger partial charge in [0, 0.05) is 21.0 Å². The van der Waals surface area contributed by atoms with E-state index in [0.29, 0.717) is 15.7 Å². The zero-order chi connectivity index (χ0) is 16.1. The predicted octanol–water partition coefficient (Wildman–Crippen LogP) is 3.78. The summed E-state index contributed by atoms with van der Waals surface area (Å²) in [5.74, 6) is -0.571. The lowest BCUT2D eigenvalue weighted by atomic mass is 10.2. The van der Waals surface area contributed by atoms with E-state index in [1.165, 1.54) is 12.1 Å². The molecule has 1 atom stereocenters. The van der Waals surface area contributed by atoms with Crippen LogP contribution >= 0.6 is 15.9 Å². The van der Waals surface area contributed by atoms with Gasteiger partial charge in [0.2, 0.25) is 5.91 Å². The number of anilines is 1. The molecule has 0 unspecified atom stereocenters. The van der Waals surface area contributed by atoms with Crippen molar-refractivity contribution in [1.82, 2.24) is 0 Å². The number of hydrogen-bond acceptors (Lipinski definition) is 2. The van der Waals surface area contributed by atoms with E-state index < -0.39 is 10.8 Å². The Balaban J connectivity index is 1.91. The normalized spacial score (nSPS) is 12.0. The number of carbonyl (C=O) groups is 1. The molecule has 0 bridgehead atoms. The van der Waals surface area contributed by atoms with Gasteiger partial charge in [-0.05, 0) is 36.8 Å². The zero-order valence-electron chi connectivity index (χ0n) is 11.9. The van der Waals surface area contributed by atoms with Crippen LogP contribution in [0.25, 0.3) is 0 Å². The van der Waals surface area contributed by atoms with Crippen molar-refractivity contribution in [2.45, 2.75) is 12.7 Å². The molecule has 2 aromatic carbocycles. The first-order chi connectivity index (χ1) is 10.4. The fourth-order valence-electron chi connectivity index (χ4n) is 1.84. The van der Waals surface area contributed by atoms with Gasteiger partial charge in [-0.1, -0.05) is 39.7 Å². The van der Waals surface area contributed by atoms with Crippen molar-refractivity contribution in [2.75, 3.05) is 11.1 Å². The largest absolute Gasteiger partial charge is 0.325 e. The monoisotopic (exact) mass is 383 g/mol. The Kier molecular flexibility index (Phi) is 5.85. The van der Waals surface area contributed by atoms with Crippen LogP contribution in [0.3, 0.4) is 0 Å². The summed E-state index contributed by atoms with van der Waals surface area (Å²) in [6.45, 7) is 1.96. The van der Waals surface area contributed by atoms with Gasteiger partial charge in [0.05, 0.1) is 5.75 Å². The molecule has 0 aromatic heterocycles. The van der Waals surface area contributed by atoms with Crippen LogP contribution in [0.4, 0.5) is 10.1 Å². The topological polar surface area (TPSA) is 46.2 Å². The molecule has 0 saturated heterocycles. The molecule has 116 valence electrons. The molecule has 6 heteroatoms. The van der Waals surface area contributed by atoms with E-state index in [0.717, 1.165) is 5.56 Å². The molecule has 0 saturated carbocycles. The molecule has 0 spiro atoms. The third-order valence-corrected chi connectivity index (χ3v) is 4.91. The summed E-state index contributed by atoms with van der Waals surface area (Å²) < 4.78 is 25.6. The van der Waals surface area contributed by atoms with E-state index in [-0.39, 0.29) is 23.2 Å². The van der Waals surface area contributed by atoms with Crippen LogP contribution in [-0.2, 0) is 21.3 Å². The van der Waals surface area contributed by atoms with E-state index in [1.54, 1.807) is 18.2 Å². The Morgan fingerprint density at radius 2 is 1.91 bits per heavy atom. The van der Waals surface area contributed by atoms with Gasteiger partial charge in [0.1, 0.15) is 11.6 Å². The van der Waals surface area contributed by atoms with Crippen LogP contribution in [0, 0.1) is 12.7 Å². The number of rotatable bonds is 5. The smallest absolute Gasteiger partial charge is 0.237 e. The summed E-state index contributed by atoms with van der Waals surface area (Å²) in [5, 5.41) is 2.71. The molecule has 2 rings (SSSR count). The highest BCUT2D eigenvalue weighted by atomic mass is 79.9.